The molecule has 3 aromatic rings. The number of thiophene rings is 1. The molecule has 0 radical (unpaired) electrons. The summed E-state index contributed by atoms with van der Waals surface area (Å²) in [6.07, 6.45) is 0. The highest BCUT2D eigenvalue weighted by atomic mass is 32.1. The van der Waals surface area contributed by atoms with E-state index >= 15 is 0 Å². The summed E-state index contributed by atoms with van der Waals surface area (Å²) >= 11 is 1.42. The zero-order valence-corrected chi connectivity index (χ0v) is 15.5. The topological polar surface area (TPSA) is 64.8 Å². The summed E-state index contributed by atoms with van der Waals surface area (Å²) in [5.41, 5.74) is 1.49. The first-order valence-electron chi connectivity index (χ1n) is 8.13. The Bertz CT molecular complexity index is 845. The van der Waals surface area contributed by atoms with E-state index in [1.807, 2.05) is 47.8 Å². The van der Waals surface area contributed by atoms with Gasteiger partial charge in [-0.25, -0.2) is 0 Å². The molecule has 2 heterocycles. The van der Waals surface area contributed by atoms with Gasteiger partial charge in [0.05, 0.1) is 30.7 Å². The van der Waals surface area contributed by atoms with Crippen molar-refractivity contribution in [1.82, 2.24) is 10.1 Å². The number of hydrogen-bond acceptors (Lipinski definition) is 6. The summed E-state index contributed by atoms with van der Waals surface area (Å²) in [5.74, 6) is 1.27. The minimum atomic E-state index is -0.0427. The molecule has 0 spiro atoms. The number of hydrogen-bond donors (Lipinski definition) is 0. The van der Waals surface area contributed by atoms with Gasteiger partial charge in [-0.1, -0.05) is 23.4 Å². The van der Waals surface area contributed by atoms with Crippen molar-refractivity contribution in [2.45, 2.75) is 6.54 Å². The van der Waals surface area contributed by atoms with Crippen LogP contribution < -0.4 is 4.74 Å². The molecule has 1 amide bonds. The van der Waals surface area contributed by atoms with Gasteiger partial charge in [-0.2, -0.15) is 0 Å². The third kappa shape index (κ3) is 4.12. The van der Waals surface area contributed by atoms with Crippen LogP contribution in [0.2, 0.25) is 0 Å². The molecule has 0 fully saturated rings. The van der Waals surface area contributed by atoms with Crippen LogP contribution in [0.3, 0.4) is 0 Å². The normalized spacial score (nSPS) is 10.7. The van der Waals surface area contributed by atoms with E-state index in [1.165, 1.54) is 11.3 Å². The lowest BCUT2D eigenvalue weighted by Gasteiger charge is -2.20. The number of para-hydroxylation sites is 1. The number of benzene rings is 1. The van der Waals surface area contributed by atoms with Gasteiger partial charge >= 0.3 is 0 Å². The molecule has 26 heavy (non-hydrogen) atoms. The first-order chi connectivity index (χ1) is 12.7. The van der Waals surface area contributed by atoms with Crippen molar-refractivity contribution in [3.63, 3.8) is 0 Å². The zero-order chi connectivity index (χ0) is 18.4. The van der Waals surface area contributed by atoms with Gasteiger partial charge in [0, 0.05) is 19.7 Å². The Morgan fingerprint density at radius 3 is 2.81 bits per heavy atom. The van der Waals surface area contributed by atoms with E-state index in [2.05, 4.69) is 5.16 Å². The Morgan fingerprint density at radius 2 is 2.08 bits per heavy atom. The van der Waals surface area contributed by atoms with Crippen LogP contribution in [-0.4, -0.2) is 43.3 Å². The van der Waals surface area contributed by atoms with Gasteiger partial charge in [0.1, 0.15) is 11.4 Å². The Labute approximate surface area is 155 Å². The van der Waals surface area contributed by atoms with E-state index in [1.54, 1.807) is 19.1 Å². The summed E-state index contributed by atoms with van der Waals surface area (Å²) in [6, 6.07) is 13.1. The molecule has 0 atom stereocenters. The Balaban J connectivity index is 1.79. The van der Waals surface area contributed by atoms with Crippen molar-refractivity contribution in [2.24, 2.45) is 0 Å². The average molecular weight is 372 g/mol. The maximum absolute atomic E-state index is 12.7. The van der Waals surface area contributed by atoms with Crippen molar-refractivity contribution < 1.29 is 18.8 Å². The van der Waals surface area contributed by atoms with Gasteiger partial charge in [0.25, 0.3) is 5.91 Å². The third-order valence-corrected chi connectivity index (χ3v) is 4.73. The largest absolute Gasteiger partial charge is 0.496 e. The van der Waals surface area contributed by atoms with Gasteiger partial charge < -0.3 is 18.9 Å². The second-order valence-corrected chi connectivity index (χ2v) is 6.53. The second kappa shape index (κ2) is 8.64. The summed E-state index contributed by atoms with van der Waals surface area (Å²) in [4.78, 5) is 15.1. The number of carbonyl (C=O) groups is 1. The fourth-order valence-electron chi connectivity index (χ4n) is 2.57. The van der Waals surface area contributed by atoms with E-state index in [0.717, 1.165) is 5.56 Å². The number of amides is 1. The van der Waals surface area contributed by atoms with Crippen LogP contribution in [0.5, 0.6) is 5.75 Å². The lowest BCUT2D eigenvalue weighted by atomic mass is 10.1. The van der Waals surface area contributed by atoms with Gasteiger partial charge in [-0.15, -0.1) is 11.3 Å². The van der Waals surface area contributed by atoms with Crippen LogP contribution in [0.4, 0.5) is 0 Å². The van der Waals surface area contributed by atoms with Crippen LogP contribution in [0.1, 0.15) is 15.4 Å². The fraction of sp³-hybridized carbons (Fsp3) is 0.263. The molecule has 7 heteroatoms. The summed E-state index contributed by atoms with van der Waals surface area (Å²) < 4.78 is 16.0. The highest BCUT2D eigenvalue weighted by Crippen LogP contribution is 2.30. The van der Waals surface area contributed by atoms with Crippen LogP contribution in [0.25, 0.3) is 11.3 Å². The van der Waals surface area contributed by atoms with E-state index in [4.69, 9.17) is 14.0 Å². The number of ether oxygens (including phenoxy) is 2. The second-order valence-electron chi connectivity index (χ2n) is 5.58. The Morgan fingerprint density at radius 1 is 1.23 bits per heavy atom. The molecule has 0 aliphatic heterocycles. The molecular weight excluding hydrogens is 352 g/mol. The van der Waals surface area contributed by atoms with E-state index < -0.39 is 0 Å². The molecule has 0 bridgehead atoms. The van der Waals surface area contributed by atoms with Crippen molar-refractivity contribution >= 4 is 17.2 Å². The molecule has 1 aromatic carbocycles. The molecule has 0 saturated carbocycles. The summed E-state index contributed by atoms with van der Waals surface area (Å²) in [5, 5.41) is 6.00. The maximum atomic E-state index is 12.7. The zero-order valence-electron chi connectivity index (χ0n) is 14.7. The molecule has 0 N–H and O–H groups in total. The van der Waals surface area contributed by atoms with E-state index in [9.17, 15) is 4.79 Å². The SMILES string of the molecule is COCCN(Cc1cc(-c2ccccc2OC)on1)C(=O)c1cccs1. The number of methoxy groups -OCH3 is 2. The number of carbonyl (C=O) groups excluding carboxylic acids is 1. The minimum absolute atomic E-state index is 0.0427. The van der Waals surface area contributed by atoms with E-state index in [-0.39, 0.29) is 5.91 Å². The average Bonchev–Trinajstić information content (AvgIpc) is 3.36. The standard InChI is InChI=1S/C19H20N2O4S/c1-23-10-9-21(19(22)18-8-5-11-26-18)13-14-12-17(25-20-14)15-6-3-4-7-16(15)24-2/h3-8,11-12H,9-10,13H2,1-2H3. The maximum Gasteiger partial charge on any atom is 0.264 e. The monoisotopic (exact) mass is 372 g/mol. The van der Waals surface area contributed by atoms with Crippen LogP contribution in [-0.2, 0) is 11.3 Å². The number of rotatable bonds is 8. The Kier molecular flexibility index (Phi) is 6.04. The molecule has 136 valence electrons. The summed E-state index contributed by atoms with van der Waals surface area (Å²) in [6.45, 7) is 1.27. The van der Waals surface area contributed by atoms with Crippen molar-refractivity contribution in [2.75, 3.05) is 27.4 Å². The lowest BCUT2D eigenvalue weighted by Crippen LogP contribution is -2.33. The van der Waals surface area contributed by atoms with Crippen molar-refractivity contribution in [3.05, 3.63) is 58.4 Å². The molecule has 3 rings (SSSR count). The van der Waals surface area contributed by atoms with Gasteiger partial charge in [-0.3, -0.25) is 4.79 Å². The molecule has 2 aromatic heterocycles. The molecule has 0 aliphatic rings. The van der Waals surface area contributed by atoms with Crippen LogP contribution in [0.15, 0.2) is 52.4 Å². The fourth-order valence-corrected chi connectivity index (χ4v) is 3.26. The quantitative estimate of drug-likeness (QED) is 0.603. The smallest absolute Gasteiger partial charge is 0.264 e. The lowest BCUT2D eigenvalue weighted by molar-refractivity contribution is 0.0681. The highest BCUT2D eigenvalue weighted by molar-refractivity contribution is 7.12. The summed E-state index contributed by atoms with van der Waals surface area (Å²) in [7, 11) is 3.23. The minimum Gasteiger partial charge on any atom is -0.496 e. The predicted octanol–water partition coefficient (Wildman–Crippen LogP) is 3.70. The van der Waals surface area contributed by atoms with Gasteiger partial charge in [-0.05, 0) is 23.6 Å². The third-order valence-electron chi connectivity index (χ3n) is 3.87. The highest BCUT2D eigenvalue weighted by Gasteiger charge is 2.19. The first-order valence-corrected chi connectivity index (χ1v) is 9.01. The van der Waals surface area contributed by atoms with Gasteiger partial charge in [0.2, 0.25) is 0 Å². The molecular formula is C19H20N2O4S. The molecule has 6 nitrogen and oxygen atoms in total. The van der Waals surface area contributed by atoms with Crippen molar-refractivity contribution in [3.8, 4) is 17.1 Å². The van der Waals surface area contributed by atoms with Crippen LogP contribution >= 0.6 is 11.3 Å². The van der Waals surface area contributed by atoms with Gasteiger partial charge in [0.15, 0.2) is 5.76 Å². The van der Waals surface area contributed by atoms with E-state index in [0.29, 0.717) is 41.8 Å². The molecule has 0 unspecified atom stereocenters. The number of nitrogens with zero attached hydrogens (tertiary/aromatic N) is 2. The predicted molar refractivity (Wildman–Crippen MR) is 99.4 cm³/mol. The van der Waals surface area contributed by atoms with Crippen molar-refractivity contribution in [1.29, 1.82) is 0 Å². The molecule has 0 aliphatic carbocycles. The number of aromatic nitrogens is 1. The molecule has 0 saturated heterocycles. The Hall–Kier alpha value is -2.64. The van der Waals surface area contributed by atoms with Crippen LogP contribution in [0, 0.1) is 0 Å². The first kappa shape index (κ1) is 18.2.